The molecule has 1 aromatic heterocycles. The normalized spacial score (nSPS) is 15.8. The molecule has 100 valence electrons. The van der Waals surface area contributed by atoms with Crippen molar-refractivity contribution in [2.45, 2.75) is 13.8 Å². The molecule has 0 amide bonds. The number of nitrogens with one attached hydrogen (secondary N) is 1. The molecule has 1 saturated heterocycles. The van der Waals surface area contributed by atoms with E-state index < -0.39 is 0 Å². The minimum atomic E-state index is 1.05. The summed E-state index contributed by atoms with van der Waals surface area (Å²) in [5.74, 6) is 0. The van der Waals surface area contributed by atoms with Gasteiger partial charge in [-0.15, -0.1) is 11.3 Å². The number of aryl methyl sites for hydroxylation is 2. The van der Waals surface area contributed by atoms with Gasteiger partial charge in [0.15, 0.2) is 5.13 Å². The van der Waals surface area contributed by atoms with Gasteiger partial charge in [-0.1, -0.05) is 17.2 Å². The van der Waals surface area contributed by atoms with Gasteiger partial charge in [0, 0.05) is 37.1 Å². The Labute approximate surface area is 118 Å². The fourth-order valence-corrected chi connectivity index (χ4v) is 3.41. The molecule has 1 aliphatic heterocycles. The first-order valence-electron chi connectivity index (χ1n) is 6.72. The fourth-order valence-electron chi connectivity index (χ4n) is 2.52. The van der Waals surface area contributed by atoms with E-state index in [2.05, 4.69) is 47.6 Å². The van der Waals surface area contributed by atoms with Crippen LogP contribution in [0.4, 0.5) is 5.13 Å². The van der Waals surface area contributed by atoms with Crippen molar-refractivity contribution in [2.75, 3.05) is 31.1 Å². The van der Waals surface area contributed by atoms with Gasteiger partial charge in [-0.3, -0.25) is 0 Å². The van der Waals surface area contributed by atoms with Gasteiger partial charge in [0.05, 0.1) is 5.69 Å². The molecule has 19 heavy (non-hydrogen) atoms. The van der Waals surface area contributed by atoms with Crippen molar-refractivity contribution in [1.82, 2.24) is 10.3 Å². The number of hydrogen-bond donors (Lipinski definition) is 1. The van der Waals surface area contributed by atoms with E-state index in [0.717, 1.165) is 37.0 Å². The van der Waals surface area contributed by atoms with E-state index in [1.54, 1.807) is 11.3 Å². The summed E-state index contributed by atoms with van der Waals surface area (Å²) >= 11 is 1.75. The highest BCUT2D eigenvalue weighted by Gasteiger charge is 2.14. The van der Waals surface area contributed by atoms with Crippen LogP contribution in [0.3, 0.4) is 0 Å². The van der Waals surface area contributed by atoms with Crippen molar-refractivity contribution in [1.29, 1.82) is 0 Å². The van der Waals surface area contributed by atoms with E-state index in [1.807, 2.05) is 0 Å². The first kappa shape index (κ1) is 12.6. The van der Waals surface area contributed by atoms with Gasteiger partial charge in [-0.2, -0.15) is 0 Å². The first-order chi connectivity index (χ1) is 9.22. The Morgan fingerprint density at radius 3 is 2.47 bits per heavy atom. The number of thiazole rings is 1. The molecule has 1 aromatic carbocycles. The molecular weight excluding hydrogens is 254 g/mol. The van der Waals surface area contributed by atoms with Gasteiger partial charge in [0.1, 0.15) is 0 Å². The predicted molar refractivity (Wildman–Crippen MR) is 82.1 cm³/mol. The summed E-state index contributed by atoms with van der Waals surface area (Å²) in [6.07, 6.45) is 0. The van der Waals surface area contributed by atoms with E-state index >= 15 is 0 Å². The highest BCUT2D eigenvalue weighted by molar-refractivity contribution is 7.14. The zero-order valence-electron chi connectivity index (χ0n) is 11.4. The standard InChI is InChI=1S/C15H19N3S/c1-11-7-12(2)9-13(8-11)14-10-19-15(17-14)18-5-3-16-4-6-18/h7-10,16H,3-6H2,1-2H3. The number of benzene rings is 1. The van der Waals surface area contributed by atoms with Crippen LogP contribution in [0.15, 0.2) is 23.6 Å². The molecule has 3 nitrogen and oxygen atoms in total. The quantitative estimate of drug-likeness (QED) is 0.912. The van der Waals surface area contributed by atoms with Crippen LogP contribution in [-0.2, 0) is 0 Å². The molecule has 0 atom stereocenters. The molecule has 2 aromatic rings. The van der Waals surface area contributed by atoms with E-state index in [-0.39, 0.29) is 0 Å². The van der Waals surface area contributed by atoms with Crippen molar-refractivity contribution in [3.63, 3.8) is 0 Å². The summed E-state index contributed by atoms with van der Waals surface area (Å²) in [5, 5.41) is 6.69. The molecule has 1 N–H and O–H groups in total. The van der Waals surface area contributed by atoms with Crippen LogP contribution >= 0.6 is 11.3 Å². The Balaban J connectivity index is 1.87. The molecular formula is C15H19N3S. The van der Waals surface area contributed by atoms with Crippen molar-refractivity contribution in [2.24, 2.45) is 0 Å². The fraction of sp³-hybridized carbons (Fsp3) is 0.400. The second kappa shape index (κ2) is 5.31. The molecule has 0 saturated carbocycles. The molecule has 0 aliphatic carbocycles. The lowest BCUT2D eigenvalue weighted by Gasteiger charge is -2.26. The molecule has 1 fully saturated rings. The Morgan fingerprint density at radius 2 is 1.79 bits per heavy atom. The van der Waals surface area contributed by atoms with Gasteiger partial charge >= 0.3 is 0 Å². The molecule has 0 spiro atoms. The number of hydrogen-bond acceptors (Lipinski definition) is 4. The van der Waals surface area contributed by atoms with Crippen LogP contribution in [0.25, 0.3) is 11.3 Å². The minimum absolute atomic E-state index is 1.05. The lowest BCUT2D eigenvalue weighted by atomic mass is 10.1. The summed E-state index contributed by atoms with van der Waals surface area (Å²) in [4.78, 5) is 7.17. The Kier molecular flexibility index (Phi) is 3.53. The maximum atomic E-state index is 4.80. The van der Waals surface area contributed by atoms with Crippen LogP contribution in [0.5, 0.6) is 0 Å². The summed E-state index contributed by atoms with van der Waals surface area (Å²) in [6.45, 7) is 8.50. The number of nitrogens with zero attached hydrogens (tertiary/aromatic N) is 2. The Hall–Kier alpha value is -1.39. The van der Waals surface area contributed by atoms with Gasteiger partial charge in [0.2, 0.25) is 0 Å². The van der Waals surface area contributed by atoms with Crippen LogP contribution < -0.4 is 10.2 Å². The maximum absolute atomic E-state index is 4.80. The first-order valence-corrected chi connectivity index (χ1v) is 7.60. The molecule has 0 bridgehead atoms. The second-order valence-corrected chi connectivity index (χ2v) is 5.97. The van der Waals surface area contributed by atoms with E-state index in [0.29, 0.717) is 0 Å². The van der Waals surface area contributed by atoms with E-state index in [4.69, 9.17) is 4.98 Å². The van der Waals surface area contributed by atoms with Crippen LogP contribution in [-0.4, -0.2) is 31.2 Å². The number of aromatic nitrogens is 1. The summed E-state index contributed by atoms with van der Waals surface area (Å²) in [6, 6.07) is 6.63. The molecule has 2 heterocycles. The zero-order chi connectivity index (χ0) is 13.2. The third-order valence-corrected chi connectivity index (χ3v) is 4.30. The predicted octanol–water partition coefficient (Wildman–Crippen LogP) is 2.84. The monoisotopic (exact) mass is 273 g/mol. The number of piperazine rings is 1. The third-order valence-electron chi connectivity index (χ3n) is 3.40. The lowest BCUT2D eigenvalue weighted by Crippen LogP contribution is -2.43. The van der Waals surface area contributed by atoms with Crippen molar-refractivity contribution < 1.29 is 0 Å². The Bertz CT molecular complexity index is 550. The van der Waals surface area contributed by atoms with Gasteiger partial charge in [0.25, 0.3) is 0 Å². The third kappa shape index (κ3) is 2.80. The number of anilines is 1. The number of rotatable bonds is 2. The van der Waals surface area contributed by atoms with Gasteiger partial charge < -0.3 is 10.2 Å². The highest BCUT2D eigenvalue weighted by Crippen LogP contribution is 2.28. The maximum Gasteiger partial charge on any atom is 0.185 e. The molecule has 0 radical (unpaired) electrons. The van der Waals surface area contributed by atoms with E-state index in [1.165, 1.54) is 16.7 Å². The highest BCUT2D eigenvalue weighted by atomic mass is 32.1. The smallest absolute Gasteiger partial charge is 0.185 e. The minimum Gasteiger partial charge on any atom is -0.346 e. The Morgan fingerprint density at radius 1 is 1.11 bits per heavy atom. The van der Waals surface area contributed by atoms with Crippen LogP contribution in [0.1, 0.15) is 11.1 Å². The zero-order valence-corrected chi connectivity index (χ0v) is 12.3. The molecule has 0 unspecified atom stereocenters. The SMILES string of the molecule is Cc1cc(C)cc(-c2csc(N3CCNCC3)n2)c1. The average molecular weight is 273 g/mol. The van der Waals surface area contributed by atoms with Crippen molar-refractivity contribution >= 4 is 16.5 Å². The molecule has 3 rings (SSSR count). The van der Waals surface area contributed by atoms with Crippen LogP contribution in [0.2, 0.25) is 0 Å². The molecule has 4 heteroatoms. The van der Waals surface area contributed by atoms with Crippen molar-refractivity contribution in [3.8, 4) is 11.3 Å². The summed E-state index contributed by atoms with van der Waals surface area (Å²) in [7, 11) is 0. The summed E-state index contributed by atoms with van der Waals surface area (Å²) < 4.78 is 0. The topological polar surface area (TPSA) is 28.2 Å². The van der Waals surface area contributed by atoms with Gasteiger partial charge in [-0.25, -0.2) is 4.98 Å². The lowest BCUT2D eigenvalue weighted by molar-refractivity contribution is 0.588. The summed E-state index contributed by atoms with van der Waals surface area (Å²) in [5.41, 5.74) is 4.93. The molecule has 1 aliphatic rings. The van der Waals surface area contributed by atoms with Crippen LogP contribution in [0, 0.1) is 13.8 Å². The van der Waals surface area contributed by atoms with Crippen molar-refractivity contribution in [3.05, 3.63) is 34.7 Å². The van der Waals surface area contributed by atoms with E-state index in [9.17, 15) is 0 Å². The second-order valence-electron chi connectivity index (χ2n) is 5.13. The largest absolute Gasteiger partial charge is 0.346 e. The van der Waals surface area contributed by atoms with Gasteiger partial charge in [-0.05, 0) is 26.0 Å². The average Bonchev–Trinajstić information content (AvgIpc) is 2.88.